The predicted molar refractivity (Wildman–Crippen MR) is 85.8 cm³/mol. The summed E-state index contributed by atoms with van der Waals surface area (Å²) in [5, 5.41) is 20.6. The van der Waals surface area contributed by atoms with Crippen molar-refractivity contribution in [2.24, 2.45) is 0 Å². The van der Waals surface area contributed by atoms with Crippen molar-refractivity contribution >= 4 is 39.9 Å². The van der Waals surface area contributed by atoms with Gasteiger partial charge in [-0.3, -0.25) is 0 Å². The molecule has 2 heterocycles. The summed E-state index contributed by atoms with van der Waals surface area (Å²) < 4.78 is 0.742. The monoisotopic (exact) mass is 309 g/mol. The molecule has 3 aromatic rings. The number of benzene rings is 1. The third kappa shape index (κ3) is 2.43. The highest BCUT2D eigenvalue weighted by Gasteiger charge is 2.10. The van der Waals surface area contributed by atoms with Crippen molar-refractivity contribution in [2.75, 3.05) is 0 Å². The van der Waals surface area contributed by atoms with Crippen LogP contribution >= 0.6 is 22.9 Å². The summed E-state index contributed by atoms with van der Waals surface area (Å²) >= 11 is 7.69. The molecule has 0 unspecified atom stereocenters. The van der Waals surface area contributed by atoms with Gasteiger partial charge in [0.25, 0.3) is 0 Å². The second-order valence-corrected chi connectivity index (χ2v) is 5.92. The normalized spacial score (nSPS) is 10.0. The number of fused-ring (bicyclic) bond motifs is 1. The number of nitriles is 2. The molecular weight excluding hydrogens is 302 g/mol. The molecule has 0 fully saturated rings. The maximum atomic E-state index is 8.84. The molecule has 1 N–H and O–H groups in total. The molecule has 21 heavy (non-hydrogen) atoms. The highest BCUT2D eigenvalue weighted by atomic mass is 35.5. The zero-order valence-corrected chi connectivity index (χ0v) is 12.3. The molecule has 1 aromatic carbocycles. The number of hydrogen-bond donors (Lipinski definition) is 1. The van der Waals surface area contributed by atoms with E-state index in [0.717, 1.165) is 31.9 Å². The number of allylic oxidation sites excluding steroid dienone is 1. The Kier molecular flexibility index (Phi) is 3.50. The van der Waals surface area contributed by atoms with Gasteiger partial charge in [0.05, 0.1) is 0 Å². The molecule has 0 aliphatic heterocycles. The maximum absolute atomic E-state index is 8.84. The fourth-order valence-corrected chi connectivity index (χ4v) is 3.14. The number of H-pyrrole nitrogens is 1. The first-order valence-corrected chi connectivity index (χ1v) is 7.35. The Morgan fingerprint density at radius 3 is 2.67 bits per heavy atom. The van der Waals surface area contributed by atoms with Gasteiger partial charge < -0.3 is 4.98 Å². The van der Waals surface area contributed by atoms with E-state index in [1.807, 2.05) is 48.0 Å². The summed E-state index contributed by atoms with van der Waals surface area (Å²) in [4.78, 5) is 3.21. The zero-order chi connectivity index (χ0) is 14.8. The van der Waals surface area contributed by atoms with Crippen LogP contribution < -0.4 is 0 Å². The van der Waals surface area contributed by atoms with Gasteiger partial charge in [0, 0.05) is 28.2 Å². The number of hydrogen-bond acceptors (Lipinski definition) is 3. The smallest absolute Gasteiger partial charge is 0.130 e. The van der Waals surface area contributed by atoms with Crippen molar-refractivity contribution in [2.45, 2.75) is 0 Å². The molecule has 2 aromatic heterocycles. The fraction of sp³-hybridized carbons (Fsp3) is 0. The van der Waals surface area contributed by atoms with Crippen LogP contribution in [0.15, 0.2) is 41.4 Å². The van der Waals surface area contributed by atoms with Gasteiger partial charge >= 0.3 is 0 Å². The van der Waals surface area contributed by atoms with Gasteiger partial charge in [-0.2, -0.15) is 10.5 Å². The summed E-state index contributed by atoms with van der Waals surface area (Å²) in [7, 11) is 0. The molecule has 0 atom stereocenters. The molecule has 0 amide bonds. The molecule has 100 valence electrons. The molecular formula is C16H8ClN3S. The van der Waals surface area contributed by atoms with Crippen LogP contribution in [-0.2, 0) is 0 Å². The van der Waals surface area contributed by atoms with Crippen LogP contribution in [0.2, 0.25) is 4.34 Å². The maximum Gasteiger partial charge on any atom is 0.130 e. The van der Waals surface area contributed by atoms with E-state index in [2.05, 4.69) is 4.98 Å². The molecule has 0 spiro atoms. The number of rotatable bonds is 2. The molecule has 0 aliphatic rings. The third-order valence-electron chi connectivity index (χ3n) is 3.17. The van der Waals surface area contributed by atoms with Crippen molar-refractivity contribution in [1.82, 2.24) is 4.98 Å². The van der Waals surface area contributed by atoms with E-state index in [0.29, 0.717) is 0 Å². The lowest BCUT2D eigenvalue weighted by atomic mass is 10.0. The lowest BCUT2D eigenvalue weighted by molar-refractivity contribution is 1.47. The third-order valence-corrected chi connectivity index (χ3v) is 4.34. The van der Waals surface area contributed by atoms with Crippen LogP contribution in [0, 0.1) is 22.7 Å². The van der Waals surface area contributed by atoms with Gasteiger partial charge in [-0.1, -0.05) is 17.7 Å². The Hall–Kier alpha value is -2.53. The molecule has 0 radical (unpaired) electrons. The van der Waals surface area contributed by atoms with Gasteiger partial charge in [0.2, 0.25) is 0 Å². The van der Waals surface area contributed by atoms with Crippen LogP contribution in [0.4, 0.5) is 0 Å². The summed E-state index contributed by atoms with van der Waals surface area (Å²) in [5.74, 6) is 0. The van der Waals surface area contributed by atoms with E-state index < -0.39 is 0 Å². The Balaban J connectivity index is 2.18. The SMILES string of the molecule is N#CC(C#N)=Cc1ccc2[nH]cc(-c3ccsc3Cl)c2c1. The number of aromatic nitrogens is 1. The van der Waals surface area contributed by atoms with Gasteiger partial charge in [-0.05, 0) is 35.2 Å². The van der Waals surface area contributed by atoms with Crippen molar-refractivity contribution in [1.29, 1.82) is 10.5 Å². The van der Waals surface area contributed by atoms with Crippen molar-refractivity contribution < 1.29 is 0 Å². The van der Waals surface area contributed by atoms with Crippen molar-refractivity contribution in [3.63, 3.8) is 0 Å². The molecule has 3 nitrogen and oxygen atoms in total. The first-order chi connectivity index (χ1) is 10.2. The molecule has 0 saturated heterocycles. The molecule has 0 saturated carbocycles. The van der Waals surface area contributed by atoms with Crippen molar-refractivity contribution in [3.05, 3.63) is 51.3 Å². The van der Waals surface area contributed by atoms with Crippen LogP contribution in [0.1, 0.15) is 5.56 Å². The first-order valence-electron chi connectivity index (χ1n) is 6.09. The standard InChI is InChI=1S/C16H8ClN3S/c17-16-12(3-4-21-16)14-9-20-15-2-1-10(6-13(14)15)5-11(7-18)8-19/h1-6,9,20H. The van der Waals surface area contributed by atoms with E-state index >= 15 is 0 Å². The van der Waals surface area contributed by atoms with Crippen LogP contribution in [0.3, 0.4) is 0 Å². The Morgan fingerprint density at radius 2 is 2.00 bits per heavy atom. The fourth-order valence-electron chi connectivity index (χ4n) is 2.19. The summed E-state index contributed by atoms with van der Waals surface area (Å²) in [5.41, 5.74) is 3.88. The number of halogens is 1. The minimum absolute atomic E-state index is 0.0833. The first kappa shape index (κ1) is 13.5. The lowest BCUT2D eigenvalue weighted by Crippen LogP contribution is -1.78. The Labute approximate surface area is 130 Å². The van der Waals surface area contributed by atoms with Gasteiger partial charge in [-0.25, -0.2) is 0 Å². The Bertz CT molecular complexity index is 918. The second-order valence-electron chi connectivity index (χ2n) is 4.40. The molecule has 5 heteroatoms. The molecule has 0 aliphatic carbocycles. The van der Waals surface area contributed by atoms with Crippen LogP contribution in [0.25, 0.3) is 28.1 Å². The summed E-state index contributed by atoms with van der Waals surface area (Å²) in [6.45, 7) is 0. The summed E-state index contributed by atoms with van der Waals surface area (Å²) in [6.07, 6.45) is 3.49. The summed E-state index contributed by atoms with van der Waals surface area (Å²) in [6, 6.07) is 11.5. The number of thiophene rings is 1. The van der Waals surface area contributed by atoms with Crippen molar-refractivity contribution in [3.8, 4) is 23.3 Å². The average molecular weight is 310 g/mol. The van der Waals surface area contributed by atoms with E-state index in [1.54, 1.807) is 6.08 Å². The molecule has 0 bridgehead atoms. The molecule has 3 rings (SSSR count). The number of aromatic amines is 1. The number of nitrogens with zero attached hydrogens (tertiary/aromatic N) is 2. The van der Waals surface area contributed by atoms with E-state index in [9.17, 15) is 0 Å². The van der Waals surface area contributed by atoms with Crippen LogP contribution in [-0.4, -0.2) is 4.98 Å². The van der Waals surface area contributed by atoms with Gasteiger partial charge in [0.15, 0.2) is 0 Å². The van der Waals surface area contributed by atoms with E-state index in [-0.39, 0.29) is 5.57 Å². The number of nitrogens with one attached hydrogen (secondary N) is 1. The minimum Gasteiger partial charge on any atom is -0.361 e. The van der Waals surface area contributed by atoms with E-state index in [1.165, 1.54) is 11.3 Å². The highest BCUT2D eigenvalue weighted by Crippen LogP contribution is 2.37. The van der Waals surface area contributed by atoms with Crippen LogP contribution in [0.5, 0.6) is 0 Å². The average Bonchev–Trinajstić information content (AvgIpc) is 3.10. The predicted octanol–water partition coefficient (Wildman–Crippen LogP) is 4.98. The van der Waals surface area contributed by atoms with E-state index in [4.69, 9.17) is 22.1 Å². The van der Waals surface area contributed by atoms with Gasteiger partial charge in [-0.15, -0.1) is 11.3 Å². The minimum atomic E-state index is 0.0833. The topological polar surface area (TPSA) is 63.4 Å². The second kappa shape index (κ2) is 5.46. The van der Waals surface area contributed by atoms with Gasteiger partial charge in [0.1, 0.15) is 22.0 Å². The lowest BCUT2D eigenvalue weighted by Gasteiger charge is -1.99. The quantitative estimate of drug-likeness (QED) is 0.678. The largest absolute Gasteiger partial charge is 0.361 e. The Morgan fingerprint density at radius 1 is 1.19 bits per heavy atom. The highest BCUT2D eigenvalue weighted by molar-refractivity contribution is 7.15. The zero-order valence-electron chi connectivity index (χ0n) is 10.7.